The van der Waals surface area contributed by atoms with Crippen molar-refractivity contribution in [1.82, 2.24) is 9.97 Å². The van der Waals surface area contributed by atoms with Gasteiger partial charge in [-0.1, -0.05) is 0 Å². The number of hydrogen-bond acceptors (Lipinski definition) is 7. The van der Waals surface area contributed by atoms with Crippen molar-refractivity contribution >= 4 is 11.6 Å². The minimum atomic E-state index is -0.831. The molecule has 0 aromatic carbocycles. The fourth-order valence-electron chi connectivity index (χ4n) is 1.46. The topological polar surface area (TPSA) is 99.5 Å². The maximum atomic E-state index is 9.29. The Morgan fingerprint density at radius 1 is 1.26 bits per heavy atom. The number of methoxy groups -OCH3 is 1. The number of hydrogen-bond donors (Lipinski definition) is 4. The molecule has 0 aliphatic carbocycles. The summed E-state index contributed by atoms with van der Waals surface area (Å²) in [5, 5.41) is 24.7. The van der Waals surface area contributed by atoms with Gasteiger partial charge in [0.15, 0.2) is 5.82 Å². The van der Waals surface area contributed by atoms with Gasteiger partial charge in [-0.15, -0.1) is 0 Å². The van der Waals surface area contributed by atoms with Crippen LogP contribution in [0, 0.1) is 0 Å². The highest BCUT2D eigenvalue weighted by molar-refractivity contribution is 5.49. The summed E-state index contributed by atoms with van der Waals surface area (Å²) in [6.45, 7) is 4.30. The van der Waals surface area contributed by atoms with Gasteiger partial charge in [0.05, 0.1) is 18.8 Å². The van der Waals surface area contributed by atoms with Crippen LogP contribution in [0.3, 0.4) is 0 Å². The molecule has 0 atom stereocenters. The molecule has 0 unspecified atom stereocenters. The average Bonchev–Trinajstić information content (AvgIpc) is 2.39. The minimum absolute atomic E-state index is 0.205. The van der Waals surface area contributed by atoms with E-state index in [0.29, 0.717) is 24.1 Å². The van der Waals surface area contributed by atoms with Crippen molar-refractivity contribution in [1.29, 1.82) is 0 Å². The molecule has 0 amide bonds. The molecule has 0 saturated carbocycles. The van der Waals surface area contributed by atoms with Gasteiger partial charge in [-0.25, -0.2) is 9.97 Å². The first kappa shape index (κ1) is 15.6. The zero-order valence-corrected chi connectivity index (χ0v) is 11.6. The SMILES string of the molecule is CCNc1cc(NC(C)(CO)CO)nc(COC)n1. The molecule has 0 radical (unpaired) electrons. The smallest absolute Gasteiger partial charge is 0.158 e. The van der Waals surface area contributed by atoms with E-state index in [0.717, 1.165) is 6.54 Å². The number of nitrogens with zero attached hydrogens (tertiary/aromatic N) is 2. The van der Waals surface area contributed by atoms with Crippen LogP contribution in [0.2, 0.25) is 0 Å². The van der Waals surface area contributed by atoms with Crippen LogP contribution in [0.4, 0.5) is 11.6 Å². The number of rotatable bonds is 8. The van der Waals surface area contributed by atoms with Gasteiger partial charge in [0.1, 0.15) is 18.2 Å². The zero-order valence-electron chi connectivity index (χ0n) is 11.6. The summed E-state index contributed by atoms with van der Waals surface area (Å²) in [5.74, 6) is 1.73. The molecule has 1 aromatic rings. The first-order valence-electron chi connectivity index (χ1n) is 6.17. The van der Waals surface area contributed by atoms with E-state index in [-0.39, 0.29) is 13.2 Å². The van der Waals surface area contributed by atoms with Crippen LogP contribution >= 0.6 is 0 Å². The highest BCUT2D eigenvalue weighted by Crippen LogP contribution is 2.16. The molecule has 0 bridgehead atoms. The van der Waals surface area contributed by atoms with Crippen LogP contribution in [0.25, 0.3) is 0 Å². The molecule has 0 saturated heterocycles. The van der Waals surface area contributed by atoms with Gasteiger partial charge < -0.3 is 25.6 Å². The standard InChI is InChI=1S/C12H22N4O3/c1-4-13-9-5-10(15-11(14-9)6-19-3)16-12(2,7-17)8-18/h5,17-18H,4,6-8H2,1-3H3,(H2,13,14,15,16). The highest BCUT2D eigenvalue weighted by atomic mass is 16.5. The van der Waals surface area contributed by atoms with Crippen molar-refractivity contribution in [2.75, 3.05) is 37.5 Å². The van der Waals surface area contributed by atoms with Crippen molar-refractivity contribution < 1.29 is 14.9 Å². The van der Waals surface area contributed by atoms with Gasteiger partial charge in [0.25, 0.3) is 0 Å². The van der Waals surface area contributed by atoms with E-state index in [1.165, 1.54) is 0 Å². The summed E-state index contributed by atoms with van der Waals surface area (Å²) in [6, 6.07) is 1.73. The van der Waals surface area contributed by atoms with Crippen molar-refractivity contribution in [2.45, 2.75) is 26.0 Å². The van der Waals surface area contributed by atoms with Gasteiger partial charge >= 0.3 is 0 Å². The van der Waals surface area contributed by atoms with E-state index < -0.39 is 5.54 Å². The number of aromatic nitrogens is 2. The third kappa shape index (κ3) is 4.62. The predicted molar refractivity (Wildman–Crippen MR) is 73.1 cm³/mol. The predicted octanol–water partition coefficient (Wildman–Crippen LogP) is 0.210. The summed E-state index contributed by atoms with van der Waals surface area (Å²) in [4.78, 5) is 8.56. The van der Waals surface area contributed by atoms with Crippen molar-refractivity contribution in [3.05, 3.63) is 11.9 Å². The molecular formula is C12H22N4O3. The molecule has 1 rings (SSSR count). The monoisotopic (exact) mass is 270 g/mol. The van der Waals surface area contributed by atoms with Crippen molar-refractivity contribution in [2.24, 2.45) is 0 Å². The normalized spacial score (nSPS) is 11.4. The molecular weight excluding hydrogens is 248 g/mol. The van der Waals surface area contributed by atoms with Crippen LogP contribution in [-0.2, 0) is 11.3 Å². The van der Waals surface area contributed by atoms with Crippen LogP contribution in [0.1, 0.15) is 19.7 Å². The lowest BCUT2D eigenvalue weighted by Crippen LogP contribution is -2.42. The highest BCUT2D eigenvalue weighted by Gasteiger charge is 2.23. The van der Waals surface area contributed by atoms with E-state index in [1.807, 2.05) is 6.92 Å². The molecule has 4 N–H and O–H groups in total. The molecule has 7 nitrogen and oxygen atoms in total. The lowest BCUT2D eigenvalue weighted by molar-refractivity contribution is 0.147. The van der Waals surface area contributed by atoms with E-state index in [1.54, 1.807) is 20.1 Å². The summed E-state index contributed by atoms with van der Waals surface area (Å²) in [7, 11) is 1.57. The summed E-state index contributed by atoms with van der Waals surface area (Å²) in [6.07, 6.45) is 0. The molecule has 0 aliphatic heterocycles. The van der Waals surface area contributed by atoms with Crippen LogP contribution in [0.15, 0.2) is 6.07 Å². The largest absolute Gasteiger partial charge is 0.394 e. The summed E-state index contributed by atoms with van der Waals surface area (Å²) >= 11 is 0. The number of nitrogens with one attached hydrogen (secondary N) is 2. The lowest BCUT2D eigenvalue weighted by atomic mass is 10.1. The Morgan fingerprint density at radius 2 is 1.89 bits per heavy atom. The van der Waals surface area contributed by atoms with E-state index in [4.69, 9.17) is 4.74 Å². The first-order valence-corrected chi connectivity index (χ1v) is 6.17. The number of aliphatic hydroxyl groups excluding tert-OH is 2. The van der Waals surface area contributed by atoms with Crippen LogP contribution < -0.4 is 10.6 Å². The molecule has 1 aromatic heterocycles. The Hall–Kier alpha value is -1.44. The fourth-order valence-corrected chi connectivity index (χ4v) is 1.46. The molecule has 108 valence electrons. The second kappa shape index (κ2) is 7.22. The summed E-state index contributed by atoms with van der Waals surface area (Å²) < 4.78 is 5.02. The van der Waals surface area contributed by atoms with E-state index in [9.17, 15) is 10.2 Å². The molecule has 0 fully saturated rings. The van der Waals surface area contributed by atoms with Gasteiger partial charge in [-0.3, -0.25) is 0 Å². The Bertz CT molecular complexity index is 372. The third-order valence-electron chi connectivity index (χ3n) is 2.53. The Morgan fingerprint density at radius 3 is 2.42 bits per heavy atom. The second-order valence-electron chi connectivity index (χ2n) is 4.52. The average molecular weight is 270 g/mol. The molecule has 1 heterocycles. The quantitative estimate of drug-likeness (QED) is 0.536. The van der Waals surface area contributed by atoms with Gasteiger partial charge in [-0.05, 0) is 13.8 Å². The minimum Gasteiger partial charge on any atom is -0.394 e. The zero-order chi connectivity index (χ0) is 14.3. The maximum Gasteiger partial charge on any atom is 0.158 e. The molecule has 0 spiro atoms. The van der Waals surface area contributed by atoms with Crippen molar-refractivity contribution in [3.8, 4) is 0 Å². The van der Waals surface area contributed by atoms with Gasteiger partial charge in [-0.2, -0.15) is 0 Å². The molecule has 19 heavy (non-hydrogen) atoms. The number of ether oxygens (including phenoxy) is 1. The maximum absolute atomic E-state index is 9.29. The molecule has 0 aliphatic rings. The Kier molecular flexibility index (Phi) is 5.94. The second-order valence-corrected chi connectivity index (χ2v) is 4.52. The molecule has 7 heteroatoms. The van der Waals surface area contributed by atoms with Crippen LogP contribution in [-0.4, -0.2) is 52.6 Å². The first-order chi connectivity index (χ1) is 9.06. The number of aliphatic hydroxyl groups is 2. The Balaban J connectivity index is 2.98. The summed E-state index contributed by atoms with van der Waals surface area (Å²) in [5.41, 5.74) is -0.831. The van der Waals surface area contributed by atoms with E-state index in [2.05, 4.69) is 20.6 Å². The fraction of sp³-hybridized carbons (Fsp3) is 0.667. The van der Waals surface area contributed by atoms with Gasteiger partial charge in [0.2, 0.25) is 0 Å². The Labute approximate surface area is 113 Å². The van der Waals surface area contributed by atoms with Gasteiger partial charge in [0, 0.05) is 19.7 Å². The van der Waals surface area contributed by atoms with Crippen LogP contribution in [0.5, 0.6) is 0 Å². The lowest BCUT2D eigenvalue weighted by Gasteiger charge is -2.27. The number of anilines is 2. The van der Waals surface area contributed by atoms with Crippen molar-refractivity contribution in [3.63, 3.8) is 0 Å². The third-order valence-corrected chi connectivity index (χ3v) is 2.53. The van der Waals surface area contributed by atoms with E-state index >= 15 is 0 Å².